The number of benzene rings is 2. The molecule has 0 atom stereocenters. The van der Waals surface area contributed by atoms with Crippen LogP contribution in [0.4, 0.5) is 5.69 Å². The number of aromatic nitrogens is 4. The van der Waals surface area contributed by atoms with E-state index in [0.29, 0.717) is 22.7 Å². The van der Waals surface area contributed by atoms with E-state index in [4.69, 9.17) is 0 Å². The summed E-state index contributed by atoms with van der Waals surface area (Å²) in [6.45, 7) is 0. The van der Waals surface area contributed by atoms with Gasteiger partial charge in [0.05, 0.1) is 18.9 Å². The summed E-state index contributed by atoms with van der Waals surface area (Å²) in [4.78, 5) is 23.8. The van der Waals surface area contributed by atoms with Crippen LogP contribution in [0, 0.1) is 0 Å². The quantitative estimate of drug-likeness (QED) is 0.436. The number of hydrogen-bond acceptors (Lipinski definition) is 6. The van der Waals surface area contributed by atoms with Gasteiger partial charge in [-0.15, -0.1) is 10.2 Å². The number of carbonyl (C=O) groups is 2. The second-order valence-electron chi connectivity index (χ2n) is 5.92. The maximum Gasteiger partial charge on any atom is 0.337 e. The summed E-state index contributed by atoms with van der Waals surface area (Å²) in [7, 11) is 1.30. The zero-order valence-electron chi connectivity index (χ0n) is 14.9. The van der Waals surface area contributed by atoms with Crippen LogP contribution in [-0.2, 0) is 9.53 Å². The maximum atomic E-state index is 12.2. The number of hydrogen-bond donors (Lipinski definition) is 1. The van der Waals surface area contributed by atoms with Gasteiger partial charge in [0.2, 0.25) is 5.91 Å². The van der Waals surface area contributed by atoms with Crippen LogP contribution in [0.2, 0.25) is 0 Å². The van der Waals surface area contributed by atoms with Crippen molar-refractivity contribution < 1.29 is 14.3 Å². The number of anilines is 1. The lowest BCUT2D eigenvalue weighted by molar-refractivity contribution is -0.111. The van der Waals surface area contributed by atoms with Gasteiger partial charge in [0.15, 0.2) is 11.5 Å². The summed E-state index contributed by atoms with van der Waals surface area (Å²) in [5.41, 5.74) is 1.44. The third kappa shape index (κ3) is 3.30. The number of fused-ring (bicyclic) bond motifs is 3. The zero-order chi connectivity index (χ0) is 19.5. The topological polar surface area (TPSA) is 98.5 Å². The minimum atomic E-state index is -0.472. The van der Waals surface area contributed by atoms with Crippen LogP contribution in [0.15, 0.2) is 60.8 Å². The number of methoxy groups -OCH3 is 1. The predicted octanol–water partition coefficient (Wildman–Crippen LogP) is 2.72. The first kappa shape index (κ1) is 17.3. The number of nitrogens with zero attached hydrogens (tertiary/aromatic N) is 4. The molecule has 4 aromatic rings. The Labute approximate surface area is 159 Å². The summed E-state index contributed by atoms with van der Waals surface area (Å²) in [5.74, 6) is -0.418. The fraction of sp³-hybridized carbons (Fsp3) is 0.0500. The van der Waals surface area contributed by atoms with E-state index in [0.717, 1.165) is 10.8 Å². The molecule has 0 aliphatic rings. The van der Waals surface area contributed by atoms with Crippen molar-refractivity contribution in [1.82, 2.24) is 19.8 Å². The molecule has 1 N–H and O–H groups in total. The smallest absolute Gasteiger partial charge is 0.337 e. The van der Waals surface area contributed by atoms with Gasteiger partial charge < -0.3 is 10.1 Å². The Kier molecular flexibility index (Phi) is 4.51. The van der Waals surface area contributed by atoms with Crippen LogP contribution in [-0.4, -0.2) is 38.8 Å². The second kappa shape index (κ2) is 7.28. The van der Waals surface area contributed by atoms with Crippen molar-refractivity contribution in [2.24, 2.45) is 0 Å². The zero-order valence-corrected chi connectivity index (χ0v) is 14.9. The lowest BCUT2D eigenvalue weighted by Gasteiger charge is -2.04. The maximum absolute atomic E-state index is 12.2. The molecule has 8 nitrogen and oxygen atoms in total. The highest BCUT2D eigenvalue weighted by Gasteiger charge is 2.09. The van der Waals surface area contributed by atoms with Gasteiger partial charge in [-0.25, -0.2) is 4.79 Å². The van der Waals surface area contributed by atoms with Crippen molar-refractivity contribution in [2.45, 2.75) is 0 Å². The molecule has 4 rings (SSSR count). The average molecular weight is 373 g/mol. The number of nitrogens with one attached hydrogen (secondary N) is 1. The van der Waals surface area contributed by atoms with Gasteiger partial charge in [-0.2, -0.15) is 9.61 Å². The lowest BCUT2D eigenvalue weighted by Crippen LogP contribution is -2.09. The van der Waals surface area contributed by atoms with Crippen LogP contribution in [0.5, 0.6) is 0 Å². The van der Waals surface area contributed by atoms with Crippen LogP contribution in [0.1, 0.15) is 16.2 Å². The molecule has 0 saturated heterocycles. The van der Waals surface area contributed by atoms with Crippen LogP contribution in [0.25, 0.3) is 22.5 Å². The molecule has 1 amide bonds. The molecule has 0 saturated carbocycles. The Morgan fingerprint density at radius 2 is 1.96 bits per heavy atom. The van der Waals surface area contributed by atoms with E-state index >= 15 is 0 Å². The molecule has 0 radical (unpaired) electrons. The van der Waals surface area contributed by atoms with E-state index in [1.807, 2.05) is 24.3 Å². The van der Waals surface area contributed by atoms with Crippen molar-refractivity contribution in [3.63, 3.8) is 0 Å². The third-order valence-corrected chi connectivity index (χ3v) is 4.11. The molecule has 0 unspecified atom stereocenters. The van der Waals surface area contributed by atoms with Crippen molar-refractivity contribution in [2.75, 3.05) is 12.4 Å². The summed E-state index contributed by atoms with van der Waals surface area (Å²) in [5, 5.41) is 17.2. The average Bonchev–Trinajstić information content (AvgIpc) is 3.15. The number of rotatable bonds is 4. The van der Waals surface area contributed by atoms with Gasteiger partial charge in [-0.1, -0.05) is 30.3 Å². The van der Waals surface area contributed by atoms with Gasteiger partial charge in [0.25, 0.3) is 0 Å². The van der Waals surface area contributed by atoms with Gasteiger partial charge in [0, 0.05) is 22.5 Å². The van der Waals surface area contributed by atoms with Gasteiger partial charge in [-0.05, 0) is 24.3 Å². The highest BCUT2D eigenvalue weighted by Crippen LogP contribution is 2.17. The number of carbonyl (C=O) groups excluding carboxylic acids is 2. The molecule has 2 aromatic heterocycles. The molecule has 0 aliphatic heterocycles. The van der Waals surface area contributed by atoms with E-state index in [9.17, 15) is 9.59 Å². The number of esters is 1. The molecule has 138 valence electrons. The monoisotopic (exact) mass is 373 g/mol. The highest BCUT2D eigenvalue weighted by atomic mass is 16.5. The first-order chi connectivity index (χ1) is 13.7. The van der Waals surface area contributed by atoms with Crippen molar-refractivity contribution in [1.29, 1.82) is 0 Å². The SMILES string of the molecule is COC(=O)c1cccc(NC(=O)/C=C/c2nnc3c4ccccc4cnn23)c1. The Hall–Kier alpha value is -4.07. The van der Waals surface area contributed by atoms with E-state index < -0.39 is 5.97 Å². The van der Waals surface area contributed by atoms with Gasteiger partial charge in [0.1, 0.15) is 0 Å². The van der Waals surface area contributed by atoms with E-state index in [2.05, 4.69) is 25.3 Å². The molecule has 2 aromatic carbocycles. The van der Waals surface area contributed by atoms with E-state index in [1.165, 1.54) is 25.3 Å². The molecule has 28 heavy (non-hydrogen) atoms. The highest BCUT2D eigenvalue weighted by molar-refractivity contribution is 6.02. The second-order valence-corrected chi connectivity index (χ2v) is 5.92. The third-order valence-electron chi connectivity index (χ3n) is 4.11. The van der Waals surface area contributed by atoms with Crippen molar-refractivity contribution in [3.05, 3.63) is 72.2 Å². The Morgan fingerprint density at radius 3 is 2.82 bits per heavy atom. The summed E-state index contributed by atoms with van der Waals surface area (Å²) in [6, 6.07) is 14.2. The number of ether oxygens (including phenoxy) is 1. The van der Waals surface area contributed by atoms with Crippen molar-refractivity contribution in [3.8, 4) is 0 Å². The largest absolute Gasteiger partial charge is 0.465 e. The van der Waals surface area contributed by atoms with Crippen LogP contribution < -0.4 is 5.32 Å². The van der Waals surface area contributed by atoms with Crippen molar-refractivity contribution >= 4 is 40.1 Å². The Bertz CT molecular complexity index is 1230. The van der Waals surface area contributed by atoms with E-state index in [-0.39, 0.29) is 5.91 Å². The molecular weight excluding hydrogens is 358 g/mol. The van der Waals surface area contributed by atoms with E-state index in [1.54, 1.807) is 28.9 Å². The minimum Gasteiger partial charge on any atom is -0.465 e. The molecule has 0 bridgehead atoms. The molecule has 2 heterocycles. The minimum absolute atomic E-state index is 0.351. The molecule has 0 fully saturated rings. The number of amides is 1. The Morgan fingerprint density at radius 1 is 1.11 bits per heavy atom. The summed E-state index contributed by atoms with van der Waals surface area (Å²) < 4.78 is 6.25. The van der Waals surface area contributed by atoms with Crippen LogP contribution in [0.3, 0.4) is 0 Å². The summed E-state index contributed by atoms with van der Waals surface area (Å²) in [6.07, 6.45) is 4.58. The first-order valence-electron chi connectivity index (χ1n) is 8.42. The fourth-order valence-electron chi connectivity index (χ4n) is 2.79. The predicted molar refractivity (Wildman–Crippen MR) is 104 cm³/mol. The molecular formula is C20H15N5O3. The van der Waals surface area contributed by atoms with Gasteiger partial charge >= 0.3 is 5.97 Å². The normalized spacial score (nSPS) is 11.2. The lowest BCUT2D eigenvalue weighted by atomic mass is 10.2. The summed E-state index contributed by atoms with van der Waals surface area (Å²) >= 11 is 0. The van der Waals surface area contributed by atoms with Gasteiger partial charge in [-0.3, -0.25) is 4.79 Å². The molecule has 0 aliphatic carbocycles. The Balaban J connectivity index is 1.55. The van der Waals surface area contributed by atoms with Crippen LogP contribution >= 0.6 is 0 Å². The first-order valence-corrected chi connectivity index (χ1v) is 8.42. The molecule has 0 spiro atoms. The molecule has 8 heteroatoms. The standard InChI is InChI=1S/C20H15N5O3/c1-28-20(27)13-6-4-7-15(11-13)22-18(26)10-9-17-23-24-19-16-8-3-2-5-14(16)12-21-25(17)19/h2-12H,1H3,(H,22,26)/b10-9+. The fourth-order valence-corrected chi connectivity index (χ4v) is 2.79.